The van der Waals surface area contributed by atoms with Crippen molar-refractivity contribution in [2.45, 2.75) is 13.5 Å². The molecule has 0 atom stereocenters. The van der Waals surface area contributed by atoms with E-state index in [9.17, 15) is 4.79 Å². The molecule has 0 fully saturated rings. The number of carbonyl (C=O) groups is 1. The molecule has 0 spiro atoms. The Labute approximate surface area is 155 Å². The van der Waals surface area contributed by atoms with Gasteiger partial charge >= 0.3 is 0 Å². The largest absolute Gasteiger partial charge is 0.335 e. The molecule has 0 aliphatic carbocycles. The summed E-state index contributed by atoms with van der Waals surface area (Å²) in [5.74, 6) is -0.0204. The molecule has 2 heterocycles. The molecule has 0 aliphatic heterocycles. The highest BCUT2D eigenvalue weighted by atomic mass is 32.1. The van der Waals surface area contributed by atoms with Gasteiger partial charge in [-0.1, -0.05) is 12.1 Å². The van der Waals surface area contributed by atoms with Crippen LogP contribution in [-0.4, -0.2) is 32.6 Å². The number of benzene rings is 2. The van der Waals surface area contributed by atoms with Crippen LogP contribution in [0, 0.1) is 6.92 Å². The average molecular weight is 362 g/mol. The zero-order valence-corrected chi connectivity index (χ0v) is 15.4. The van der Waals surface area contributed by atoms with Crippen molar-refractivity contribution in [3.8, 4) is 5.69 Å². The van der Waals surface area contributed by atoms with E-state index in [1.165, 1.54) is 0 Å². The Balaban J connectivity index is 1.50. The number of nitrogens with zero attached hydrogens (tertiary/aromatic N) is 4. The molecular formula is C20H18N4OS. The Kier molecular flexibility index (Phi) is 4.26. The smallest absolute Gasteiger partial charge is 0.253 e. The zero-order chi connectivity index (χ0) is 18.1. The van der Waals surface area contributed by atoms with Crippen LogP contribution in [0.15, 0.2) is 60.8 Å². The first-order chi connectivity index (χ1) is 12.6. The summed E-state index contributed by atoms with van der Waals surface area (Å²) in [6.07, 6.45) is 1.76. The van der Waals surface area contributed by atoms with Crippen molar-refractivity contribution in [2.24, 2.45) is 0 Å². The first kappa shape index (κ1) is 16.5. The maximum Gasteiger partial charge on any atom is 0.253 e. The minimum atomic E-state index is -0.0204. The second-order valence-electron chi connectivity index (χ2n) is 6.17. The average Bonchev–Trinajstić information content (AvgIpc) is 3.26. The first-order valence-electron chi connectivity index (χ1n) is 8.33. The summed E-state index contributed by atoms with van der Waals surface area (Å²) >= 11 is 1.62. The van der Waals surface area contributed by atoms with Crippen LogP contribution < -0.4 is 0 Å². The SMILES string of the molecule is Cc1ccnn1-c1ccc(C(=O)N(C)Cc2nc3ccccc3s2)cc1. The number of hydrogen-bond donors (Lipinski definition) is 0. The van der Waals surface area contributed by atoms with Gasteiger partial charge in [0.25, 0.3) is 5.91 Å². The van der Waals surface area contributed by atoms with Gasteiger partial charge in [0.05, 0.1) is 22.4 Å². The fourth-order valence-corrected chi connectivity index (χ4v) is 3.89. The van der Waals surface area contributed by atoms with Gasteiger partial charge in [0.2, 0.25) is 0 Å². The molecule has 0 radical (unpaired) electrons. The van der Waals surface area contributed by atoms with Crippen LogP contribution >= 0.6 is 11.3 Å². The third-order valence-electron chi connectivity index (χ3n) is 4.25. The number of aryl methyl sites for hydroxylation is 1. The molecule has 0 aliphatic rings. The van der Waals surface area contributed by atoms with Gasteiger partial charge in [-0.15, -0.1) is 11.3 Å². The lowest BCUT2D eigenvalue weighted by molar-refractivity contribution is 0.0785. The summed E-state index contributed by atoms with van der Waals surface area (Å²) < 4.78 is 2.99. The van der Waals surface area contributed by atoms with Crippen LogP contribution in [0.1, 0.15) is 21.1 Å². The second-order valence-corrected chi connectivity index (χ2v) is 7.28. The first-order valence-corrected chi connectivity index (χ1v) is 9.14. The molecule has 4 aromatic rings. The molecule has 130 valence electrons. The van der Waals surface area contributed by atoms with Gasteiger partial charge in [0.15, 0.2) is 0 Å². The molecule has 0 unspecified atom stereocenters. The lowest BCUT2D eigenvalue weighted by atomic mass is 10.2. The van der Waals surface area contributed by atoms with Crippen LogP contribution in [0.5, 0.6) is 0 Å². The number of rotatable bonds is 4. The van der Waals surface area contributed by atoms with Crippen LogP contribution in [0.3, 0.4) is 0 Å². The molecular weight excluding hydrogens is 344 g/mol. The summed E-state index contributed by atoms with van der Waals surface area (Å²) in [6, 6.07) is 17.5. The van der Waals surface area contributed by atoms with Gasteiger partial charge in [-0.25, -0.2) is 9.67 Å². The minimum absolute atomic E-state index is 0.0204. The van der Waals surface area contributed by atoms with Gasteiger partial charge in [0, 0.05) is 24.5 Å². The molecule has 5 nitrogen and oxygen atoms in total. The van der Waals surface area contributed by atoms with E-state index in [2.05, 4.69) is 10.1 Å². The van der Waals surface area contributed by atoms with Crippen molar-refractivity contribution in [3.05, 3.63) is 77.1 Å². The van der Waals surface area contributed by atoms with E-state index in [1.807, 2.05) is 66.2 Å². The number of aromatic nitrogens is 3. The van der Waals surface area contributed by atoms with Crippen LogP contribution in [0.4, 0.5) is 0 Å². The van der Waals surface area contributed by atoms with E-state index >= 15 is 0 Å². The molecule has 26 heavy (non-hydrogen) atoms. The third-order valence-corrected chi connectivity index (χ3v) is 5.27. The lowest BCUT2D eigenvalue weighted by Gasteiger charge is -2.16. The predicted molar refractivity (Wildman–Crippen MR) is 104 cm³/mol. The lowest BCUT2D eigenvalue weighted by Crippen LogP contribution is -2.26. The van der Waals surface area contributed by atoms with Gasteiger partial charge < -0.3 is 4.90 Å². The number of carbonyl (C=O) groups excluding carboxylic acids is 1. The Morgan fingerprint density at radius 1 is 1.12 bits per heavy atom. The van der Waals surface area contributed by atoms with Crippen molar-refractivity contribution < 1.29 is 4.79 Å². The summed E-state index contributed by atoms with van der Waals surface area (Å²) in [5, 5.41) is 5.22. The van der Waals surface area contributed by atoms with Crippen LogP contribution in [0.25, 0.3) is 15.9 Å². The van der Waals surface area contributed by atoms with Gasteiger partial charge in [-0.2, -0.15) is 5.10 Å². The Morgan fingerprint density at radius 2 is 1.88 bits per heavy atom. The quantitative estimate of drug-likeness (QED) is 0.550. The van der Waals surface area contributed by atoms with E-state index in [4.69, 9.17) is 0 Å². The molecule has 0 saturated heterocycles. The summed E-state index contributed by atoms with van der Waals surface area (Å²) in [4.78, 5) is 19.0. The van der Waals surface area contributed by atoms with Crippen LogP contribution in [-0.2, 0) is 6.54 Å². The van der Waals surface area contributed by atoms with Crippen LogP contribution in [0.2, 0.25) is 0 Å². The Morgan fingerprint density at radius 3 is 2.58 bits per heavy atom. The second kappa shape index (κ2) is 6.72. The molecule has 6 heteroatoms. The maximum atomic E-state index is 12.7. The number of hydrogen-bond acceptors (Lipinski definition) is 4. The molecule has 0 bridgehead atoms. The highest BCUT2D eigenvalue weighted by Gasteiger charge is 2.14. The van der Waals surface area contributed by atoms with Crippen molar-refractivity contribution in [1.82, 2.24) is 19.7 Å². The van der Waals surface area contributed by atoms with E-state index < -0.39 is 0 Å². The molecule has 4 rings (SSSR count). The number of para-hydroxylation sites is 1. The van der Waals surface area contributed by atoms with E-state index in [-0.39, 0.29) is 5.91 Å². The minimum Gasteiger partial charge on any atom is -0.335 e. The van der Waals surface area contributed by atoms with Crippen molar-refractivity contribution >= 4 is 27.5 Å². The van der Waals surface area contributed by atoms with E-state index in [0.717, 1.165) is 26.6 Å². The monoisotopic (exact) mass is 362 g/mol. The molecule has 0 N–H and O–H groups in total. The zero-order valence-electron chi connectivity index (χ0n) is 14.6. The summed E-state index contributed by atoms with van der Waals surface area (Å²) in [6.45, 7) is 2.50. The Bertz CT molecular complexity index is 1030. The normalized spacial score (nSPS) is 11.0. The van der Waals surface area contributed by atoms with Gasteiger partial charge in [-0.3, -0.25) is 4.79 Å². The standard InChI is InChI=1S/C20H18N4OS/c1-14-11-12-21-24(14)16-9-7-15(8-10-16)20(25)23(2)13-19-22-17-5-3-4-6-18(17)26-19/h3-12H,13H2,1-2H3. The highest BCUT2D eigenvalue weighted by molar-refractivity contribution is 7.18. The van der Waals surface area contributed by atoms with Crippen molar-refractivity contribution in [3.63, 3.8) is 0 Å². The number of fused-ring (bicyclic) bond motifs is 1. The van der Waals surface area contributed by atoms with Crippen molar-refractivity contribution in [1.29, 1.82) is 0 Å². The van der Waals surface area contributed by atoms with E-state index in [1.54, 1.807) is 29.5 Å². The van der Waals surface area contributed by atoms with Crippen molar-refractivity contribution in [2.75, 3.05) is 7.05 Å². The molecule has 0 saturated carbocycles. The summed E-state index contributed by atoms with van der Waals surface area (Å²) in [7, 11) is 1.81. The maximum absolute atomic E-state index is 12.7. The van der Waals surface area contributed by atoms with Gasteiger partial charge in [0.1, 0.15) is 5.01 Å². The molecule has 2 aromatic carbocycles. The van der Waals surface area contributed by atoms with E-state index in [0.29, 0.717) is 12.1 Å². The number of thiazole rings is 1. The molecule has 2 aromatic heterocycles. The predicted octanol–water partition coefficient (Wildman–Crippen LogP) is 4.06. The number of amides is 1. The van der Waals surface area contributed by atoms with Gasteiger partial charge in [-0.05, 0) is 49.4 Å². The third kappa shape index (κ3) is 3.11. The fourth-order valence-electron chi connectivity index (χ4n) is 2.87. The topological polar surface area (TPSA) is 51.0 Å². The summed E-state index contributed by atoms with van der Waals surface area (Å²) in [5.41, 5.74) is 3.63. The highest BCUT2D eigenvalue weighted by Crippen LogP contribution is 2.23. The fraction of sp³-hybridized carbons (Fsp3) is 0.150. The Hall–Kier alpha value is -2.99. The molecule has 1 amide bonds.